The molecule has 0 aliphatic heterocycles. The smallest absolute Gasteiger partial charge is 0.147 e. The minimum atomic E-state index is -0.342. The quantitative estimate of drug-likeness (QED) is 0.786. The average molecular weight is 296 g/mol. The highest BCUT2D eigenvalue weighted by Gasteiger charge is 2.08. The zero-order valence-corrected chi connectivity index (χ0v) is 11.5. The number of Topliss-reactive ketones (excluding diaryl/α,β-unsaturated/α-hetero) is 1. The summed E-state index contributed by atoms with van der Waals surface area (Å²) >= 11 is 7.04. The molecule has 98 valence electrons. The van der Waals surface area contributed by atoms with Gasteiger partial charge in [-0.25, -0.2) is 9.37 Å². The van der Waals surface area contributed by atoms with Gasteiger partial charge in [0, 0.05) is 12.6 Å². The molecular formula is C14H11ClFNOS. The molecule has 0 radical (unpaired) electrons. The fraction of sp³-hybridized carbons (Fsp3) is 0.143. The highest BCUT2D eigenvalue weighted by molar-refractivity contribution is 7.99. The lowest BCUT2D eigenvalue weighted by molar-refractivity contribution is -0.116. The molecule has 1 heterocycles. The van der Waals surface area contributed by atoms with Crippen LogP contribution < -0.4 is 0 Å². The van der Waals surface area contributed by atoms with Gasteiger partial charge in [0.05, 0.1) is 15.8 Å². The molecule has 0 aliphatic carbocycles. The van der Waals surface area contributed by atoms with Crippen LogP contribution in [0, 0.1) is 5.82 Å². The summed E-state index contributed by atoms with van der Waals surface area (Å²) in [5, 5.41) is 1.29. The van der Waals surface area contributed by atoms with E-state index in [2.05, 4.69) is 4.98 Å². The number of nitrogens with zero attached hydrogens (tertiary/aromatic N) is 1. The Labute approximate surface area is 120 Å². The van der Waals surface area contributed by atoms with Crippen LogP contribution in [-0.4, -0.2) is 16.5 Å². The van der Waals surface area contributed by atoms with Gasteiger partial charge in [-0.15, -0.1) is 0 Å². The van der Waals surface area contributed by atoms with Crippen molar-refractivity contribution in [3.8, 4) is 0 Å². The number of carbonyl (C=O) groups is 1. The van der Waals surface area contributed by atoms with Gasteiger partial charge in [0.1, 0.15) is 11.6 Å². The summed E-state index contributed by atoms with van der Waals surface area (Å²) in [6.45, 7) is 0. The predicted molar refractivity (Wildman–Crippen MR) is 75.1 cm³/mol. The van der Waals surface area contributed by atoms with Crippen LogP contribution in [0.3, 0.4) is 0 Å². The Bertz CT molecular complexity index is 574. The average Bonchev–Trinajstić information content (AvgIpc) is 2.41. The zero-order valence-electron chi connectivity index (χ0n) is 9.98. The van der Waals surface area contributed by atoms with Gasteiger partial charge in [-0.3, -0.25) is 4.79 Å². The number of halogens is 2. The molecular weight excluding hydrogens is 285 g/mol. The Balaban J connectivity index is 1.88. The number of benzene rings is 1. The van der Waals surface area contributed by atoms with Gasteiger partial charge < -0.3 is 0 Å². The number of hydrogen-bond acceptors (Lipinski definition) is 3. The Kier molecular flexibility index (Phi) is 4.93. The fourth-order valence-electron chi connectivity index (χ4n) is 1.51. The molecule has 0 atom stereocenters. The lowest BCUT2D eigenvalue weighted by Gasteiger charge is -2.02. The molecule has 1 aromatic carbocycles. The Morgan fingerprint density at radius 3 is 2.74 bits per heavy atom. The fourth-order valence-corrected chi connectivity index (χ4v) is 2.32. The SMILES string of the molecule is O=C(CSc1ccc(Cl)cn1)Cc1ccccc1F. The number of hydrogen-bond donors (Lipinski definition) is 0. The molecule has 0 unspecified atom stereocenters. The Morgan fingerprint density at radius 2 is 2.05 bits per heavy atom. The summed E-state index contributed by atoms with van der Waals surface area (Å²) in [6, 6.07) is 9.78. The van der Waals surface area contributed by atoms with Crippen molar-refractivity contribution in [3.05, 3.63) is 59.0 Å². The minimum Gasteiger partial charge on any atom is -0.298 e. The van der Waals surface area contributed by atoms with E-state index in [0.29, 0.717) is 10.6 Å². The van der Waals surface area contributed by atoms with E-state index in [1.165, 1.54) is 24.0 Å². The van der Waals surface area contributed by atoms with E-state index >= 15 is 0 Å². The highest BCUT2D eigenvalue weighted by atomic mass is 35.5. The van der Waals surface area contributed by atoms with E-state index < -0.39 is 0 Å². The number of pyridine rings is 1. The molecule has 0 spiro atoms. The molecule has 0 saturated carbocycles. The first-order valence-electron chi connectivity index (χ1n) is 5.64. The van der Waals surface area contributed by atoms with Crippen LogP contribution in [0.5, 0.6) is 0 Å². The van der Waals surface area contributed by atoms with Crippen molar-refractivity contribution in [2.24, 2.45) is 0 Å². The van der Waals surface area contributed by atoms with Crippen LogP contribution in [0.1, 0.15) is 5.56 Å². The monoisotopic (exact) mass is 295 g/mol. The minimum absolute atomic E-state index is 0.0353. The van der Waals surface area contributed by atoms with Gasteiger partial charge in [0.2, 0.25) is 0 Å². The normalized spacial score (nSPS) is 10.4. The summed E-state index contributed by atoms with van der Waals surface area (Å²) in [5.74, 6) is -0.111. The number of aromatic nitrogens is 1. The van der Waals surface area contributed by atoms with Crippen LogP contribution in [0.4, 0.5) is 4.39 Å². The first kappa shape index (κ1) is 14.0. The predicted octanol–water partition coefficient (Wildman–Crippen LogP) is 3.78. The van der Waals surface area contributed by atoms with Crippen molar-refractivity contribution >= 4 is 29.1 Å². The molecule has 0 bridgehead atoms. The molecule has 0 saturated heterocycles. The molecule has 19 heavy (non-hydrogen) atoms. The first-order valence-corrected chi connectivity index (χ1v) is 7.01. The van der Waals surface area contributed by atoms with Gasteiger partial charge in [0.25, 0.3) is 0 Å². The second kappa shape index (κ2) is 6.68. The van der Waals surface area contributed by atoms with E-state index in [-0.39, 0.29) is 23.8 Å². The summed E-state index contributed by atoms with van der Waals surface area (Å²) < 4.78 is 13.4. The van der Waals surface area contributed by atoms with Gasteiger partial charge >= 0.3 is 0 Å². The maximum absolute atomic E-state index is 13.4. The van der Waals surface area contributed by atoms with Gasteiger partial charge in [0.15, 0.2) is 0 Å². The number of rotatable bonds is 5. The van der Waals surface area contributed by atoms with Crippen molar-refractivity contribution < 1.29 is 9.18 Å². The third-order valence-corrected chi connectivity index (χ3v) is 3.65. The summed E-state index contributed by atoms with van der Waals surface area (Å²) in [5.41, 5.74) is 0.428. The van der Waals surface area contributed by atoms with E-state index in [9.17, 15) is 9.18 Å². The van der Waals surface area contributed by atoms with Crippen molar-refractivity contribution in [3.63, 3.8) is 0 Å². The molecule has 0 amide bonds. The van der Waals surface area contributed by atoms with E-state index in [4.69, 9.17) is 11.6 Å². The molecule has 2 rings (SSSR count). The lowest BCUT2D eigenvalue weighted by atomic mass is 10.1. The van der Waals surface area contributed by atoms with Gasteiger partial charge in [-0.05, 0) is 23.8 Å². The molecule has 2 aromatic rings. The van der Waals surface area contributed by atoms with Crippen molar-refractivity contribution in [1.29, 1.82) is 0 Å². The second-order valence-corrected chi connectivity index (χ2v) is 5.34. The Morgan fingerprint density at radius 1 is 1.26 bits per heavy atom. The van der Waals surface area contributed by atoms with Crippen molar-refractivity contribution in [1.82, 2.24) is 4.98 Å². The lowest BCUT2D eigenvalue weighted by Crippen LogP contribution is -2.07. The first-order chi connectivity index (χ1) is 9.15. The molecule has 0 N–H and O–H groups in total. The van der Waals surface area contributed by atoms with E-state index in [1.807, 2.05) is 0 Å². The van der Waals surface area contributed by atoms with Crippen LogP contribution in [-0.2, 0) is 11.2 Å². The van der Waals surface area contributed by atoms with E-state index in [1.54, 1.807) is 30.3 Å². The standard InChI is InChI=1S/C14H11ClFNOS/c15-11-5-6-14(17-8-11)19-9-12(18)7-10-3-1-2-4-13(10)16/h1-6,8H,7,9H2. The number of ketones is 1. The molecule has 0 fully saturated rings. The second-order valence-electron chi connectivity index (χ2n) is 3.91. The largest absolute Gasteiger partial charge is 0.298 e. The summed E-state index contributed by atoms with van der Waals surface area (Å²) in [4.78, 5) is 15.8. The van der Waals surface area contributed by atoms with Crippen LogP contribution >= 0.6 is 23.4 Å². The molecule has 5 heteroatoms. The maximum atomic E-state index is 13.4. The number of thioether (sulfide) groups is 1. The summed E-state index contributed by atoms with van der Waals surface area (Å²) in [6.07, 6.45) is 1.64. The van der Waals surface area contributed by atoms with Crippen molar-refractivity contribution in [2.45, 2.75) is 11.4 Å². The van der Waals surface area contributed by atoms with Crippen LogP contribution in [0.25, 0.3) is 0 Å². The molecule has 2 nitrogen and oxygen atoms in total. The van der Waals surface area contributed by atoms with E-state index in [0.717, 1.165) is 5.03 Å². The summed E-state index contributed by atoms with van der Waals surface area (Å²) in [7, 11) is 0. The topological polar surface area (TPSA) is 30.0 Å². The number of carbonyl (C=O) groups excluding carboxylic acids is 1. The highest BCUT2D eigenvalue weighted by Crippen LogP contribution is 2.18. The van der Waals surface area contributed by atoms with Gasteiger partial charge in [-0.1, -0.05) is 41.6 Å². The molecule has 1 aromatic heterocycles. The zero-order chi connectivity index (χ0) is 13.7. The molecule has 0 aliphatic rings. The van der Waals surface area contributed by atoms with Crippen LogP contribution in [0.2, 0.25) is 5.02 Å². The third kappa shape index (κ3) is 4.33. The van der Waals surface area contributed by atoms with Crippen molar-refractivity contribution in [2.75, 3.05) is 5.75 Å². The Hall–Kier alpha value is -1.39. The third-order valence-electron chi connectivity index (χ3n) is 2.43. The van der Waals surface area contributed by atoms with Gasteiger partial charge in [-0.2, -0.15) is 0 Å². The maximum Gasteiger partial charge on any atom is 0.147 e. The van der Waals surface area contributed by atoms with Crippen LogP contribution in [0.15, 0.2) is 47.6 Å².